The Bertz CT molecular complexity index is 1100. The van der Waals surface area contributed by atoms with Gasteiger partial charge in [0, 0.05) is 24.1 Å². The smallest absolute Gasteiger partial charge is 0.255 e. The first kappa shape index (κ1) is 22.1. The molecule has 0 fully saturated rings. The summed E-state index contributed by atoms with van der Waals surface area (Å²) in [5.41, 5.74) is 1.10. The predicted octanol–water partition coefficient (Wildman–Crippen LogP) is 2.60. The van der Waals surface area contributed by atoms with Crippen LogP contribution in [0, 0.1) is 0 Å². The fourth-order valence-electron chi connectivity index (χ4n) is 2.27. The van der Waals surface area contributed by atoms with E-state index in [-0.39, 0.29) is 27.8 Å². The van der Waals surface area contributed by atoms with E-state index in [1.807, 2.05) is 0 Å². The fraction of sp³-hybridized carbons (Fsp3) is 0.167. The van der Waals surface area contributed by atoms with Crippen molar-refractivity contribution in [2.75, 3.05) is 18.1 Å². The molecule has 0 spiro atoms. The van der Waals surface area contributed by atoms with Gasteiger partial charge in [-0.1, -0.05) is 29.8 Å². The van der Waals surface area contributed by atoms with Crippen LogP contribution in [0.1, 0.15) is 15.9 Å². The molecule has 0 atom stereocenters. The topological polar surface area (TPSA) is 109 Å². The minimum Gasteiger partial charge on any atom is -0.322 e. The summed E-state index contributed by atoms with van der Waals surface area (Å²) in [4.78, 5) is 12.2. The quantitative estimate of drug-likeness (QED) is 0.610. The van der Waals surface area contributed by atoms with Gasteiger partial charge in [0.25, 0.3) is 5.91 Å². The molecule has 7 nitrogen and oxygen atoms in total. The highest BCUT2D eigenvalue weighted by Crippen LogP contribution is 2.23. The molecule has 2 rings (SSSR count). The molecular weight excluding hydrogens is 424 g/mol. The highest BCUT2D eigenvalue weighted by molar-refractivity contribution is 7.90. The van der Waals surface area contributed by atoms with Crippen LogP contribution in [0.2, 0.25) is 5.02 Å². The Morgan fingerprint density at radius 1 is 1.11 bits per heavy atom. The van der Waals surface area contributed by atoms with Gasteiger partial charge in [0.2, 0.25) is 10.0 Å². The second-order valence-corrected chi connectivity index (χ2v) is 10.2. The average molecular weight is 443 g/mol. The third-order valence-electron chi connectivity index (χ3n) is 3.61. The zero-order chi connectivity index (χ0) is 20.9. The lowest BCUT2D eigenvalue weighted by Crippen LogP contribution is -2.25. The average Bonchev–Trinajstić information content (AvgIpc) is 2.61. The first-order chi connectivity index (χ1) is 13.0. The predicted molar refractivity (Wildman–Crippen MR) is 110 cm³/mol. The number of anilines is 1. The highest BCUT2D eigenvalue weighted by atomic mass is 35.5. The van der Waals surface area contributed by atoms with E-state index in [1.165, 1.54) is 24.3 Å². The van der Waals surface area contributed by atoms with E-state index < -0.39 is 25.8 Å². The Kier molecular flexibility index (Phi) is 7.00. The molecule has 0 aliphatic carbocycles. The molecule has 2 aromatic carbocycles. The molecule has 28 heavy (non-hydrogen) atoms. The number of hydrogen-bond acceptors (Lipinski definition) is 5. The number of carbonyl (C=O) groups is 1. The highest BCUT2D eigenvalue weighted by Gasteiger charge is 2.16. The van der Waals surface area contributed by atoms with Crippen LogP contribution in [0.15, 0.2) is 60.0 Å². The SMILES string of the molecule is C=CCNS(=O)(=O)Cc1ccc(NC(=O)c2ccc(Cl)c(S(C)(=O)=O)c2)cc1. The third-order valence-corrected chi connectivity index (χ3v) is 6.51. The van der Waals surface area contributed by atoms with Crippen LogP contribution < -0.4 is 10.0 Å². The number of sulfone groups is 1. The number of benzene rings is 2. The molecule has 0 radical (unpaired) electrons. The third kappa shape index (κ3) is 6.16. The van der Waals surface area contributed by atoms with Crippen LogP contribution in [0.3, 0.4) is 0 Å². The molecule has 0 heterocycles. The van der Waals surface area contributed by atoms with Crippen molar-refractivity contribution in [3.8, 4) is 0 Å². The number of halogens is 1. The van der Waals surface area contributed by atoms with Gasteiger partial charge in [-0.3, -0.25) is 4.79 Å². The zero-order valence-electron chi connectivity index (χ0n) is 15.0. The van der Waals surface area contributed by atoms with Crippen molar-refractivity contribution in [1.29, 1.82) is 0 Å². The second-order valence-electron chi connectivity index (χ2n) is 5.96. The zero-order valence-corrected chi connectivity index (χ0v) is 17.4. The Labute approximate surface area is 169 Å². The van der Waals surface area contributed by atoms with Crippen LogP contribution in [0.5, 0.6) is 0 Å². The molecule has 0 bridgehead atoms. The molecule has 0 aliphatic rings. The summed E-state index contributed by atoms with van der Waals surface area (Å²) >= 11 is 5.88. The number of carbonyl (C=O) groups excluding carboxylic acids is 1. The number of amides is 1. The van der Waals surface area contributed by atoms with Crippen LogP contribution in [-0.4, -0.2) is 35.5 Å². The Morgan fingerprint density at radius 2 is 1.75 bits per heavy atom. The van der Waals surface area contributed by atoms with Crippen molar-refractivity contribution in [2.45, 2.75) is 10.6 Å². The van der Waals surface area contributed by atoms with Gasteiger partial charge < -0.3 is 5.32 Å². The Balaban J connectivity index is 2.12. The lowest BCUT2D eigenvalue weighted by atomic mass is 10.2. The number of hydrogen-bond donors (Lipinski definition) is 2. The minimum absolute atomic E-state index is 0.0367. The van der Waals surface area contributed by atoms with Gasteiger partial charge in [-0.15, -0.1) is 6.58 Å². The number of sulfonamides is 1. The first-order valence-corrected chi connectivity index (χ1v) is 11.9. The van der Waals surface area contributed by atoms with E-state index in [0.717, 1.165) is 6.26 Å². The maximum absolute atomic E-state index is 12.4. The van der Waals surface area contributed by atoms with Crippen molar-refractivity contribution in [1.82, 2.24) is 4.72 Å². The maximum atomic E-state index is 12.4. The van der Waals surface area contributed by atoms with Gasteiger partial charge in [-0.25, -0.2) is 21.6 Å². The number of rotatable bonds is 8. The Hall–Kier alpha value is -2.20. The molecule has 10 heteroatoms. The summed E-state index contributed by atoms with van der Waals surface area (Å²) in [7, 11) is -7.05. The van der Waals surface area contributed by atoms with E-state index in [4.69, 9.17) is 11.6 Å². The molecule has 1 amide bonds. The van der Waals surface area contributed by atoms with Gasteiger partial charge in [-0.2, -0.15) is 0 Å². The molecule has 0 saturated carbocycles. The van der Waals surface area contributed by atoms with Crippen LogP contribution in [0.4, 0.5) is 5.69 Å². The summed E-state index contributed by atoms with van der Waals surface area (Å²) in [5.74, 6) is -0.723. The standard InChI is InChI=1S/C18H19ClN2O5S2/c1-3-10-20-28(25,26)12-13-4-7-15(8-5-13)21-18(22)14-6-9-16(19)17(11-14)27(2,23)24/h3-9,11,20H,1,10,12H2,2H3,(H,21,22). The van der Waals surface area contributed by atoms with Crippen molar-refractivity contribution < 1.29 is 21.6 Å². The largest absolute Gasteiger partial charge is 0.322 e. The van der Waals surface area contributed by atoms with Crippen molar-refractivity contribution in [3.05, 3.63) is 71.3 Å². The second kappa shape index (κ2) is 8.87. The summed E-state index contributed by atoms with van der Waals surface area (Å²) in [5, 5.41) is 2.66. The van der Waals surface area contributed by atoms with E-state index >= 15 is 0 Å². The van der Waals surface area contributed by atoms with Crippen molar-refractivity contribution in [3.63, 3.8) is 0 Å². The summed E-state index contributed by atoms with van der Waals surface area (Å²) in [6.07, 6.45) is 2.45. The molecule has 2 N–H and O–H groups in total. The number of nitrogens with one attached hydrogen (secondary N) is 2. The van der Waals surface area contributed by atoms with Gasteiger partial charge in [0.15, 0.2) is 9.84 Å². The first-order valence-electron chi connectivity index (χ1n) is 8.00. The van der Waals surface area contributed by atoms with Crippen LogP contribution in [-0.2, 0) is 25.6 Å². The van der Waals surface area contributed by atoms with Gasteiger partial charge in [0.1, 0.15) is 0 Å². The summed E-state index contributed by atoms with van der Waals surface area (Å²) in [6.45, 7) is 3.60. The minimum atomic E-state index is -3.57. The Morgan fingerprint density at radius 3 is 2.32 bits per heavy atom. The van der Waals surface area contributed by atoms with E-state index in [1.54, 1.807) is 24.3 Å². The molecule has 0 saturated heterocycles. The molecule has 0 aliphatic heterocycles. The molecule has 0 unspecified atom stereocenters. The lowest BCUT2D eigenvalue weighted by Gasteiger charge is -2.09. The molecule has 150 valence electrons. The van der Waals surface area contributed by atoms with Crippen molar-refractivity contribution >= 4 is 43.1 Å². The van der Waals surface area contributed by atoms with E-state index in [2.05, 4.69) is 16.6 Å². The monoisotopic (exact) mass is 442 g/mol. The summed E-state index contributed by atoms with van der Waals surface area (Å²) in [6, 6.07) is 10.2. The lowest BCUT2D eigenvalue weighted by molar-refractivity contribution is 0.102. The van der Waals surface area contributed by atoms with Crippen molar-refractivity contribution in [2.24, 2.45) is 0 Å². The maximum Gasteiger partial charge on any atom is 0.255 e. The fourth-order valence-corrected chi connectivity index (χ4v) is 4.68. The van der Waals surface area contributed by atoms with Gasteiger partial charge in [0.05, 0.1) is 15.7 Å². The van der Waals surface area contributed by atoms with Gasteiger partial charge in [-0.05, 0) is 35.9 Å². The molecule has 2 aromatic rings. The van der Waals surface area contributed by atoms with Crippen LogP contribution in [0.25, 0.3) is 0 Å². The molecular formula is C18H19ClN2O5S2. The normalized spacial score (nSPS) is 11.8. The van der Waals surface area contributed by atoms with Crippen LogP contribution >= 0.6 is 11.6 Å². The van der Waals surface area contributed by atoms with Gasteiger partial charge >= 0.3 is 0 Å². The molecule has 0 aromatic heterocycles. The summed E-state index contributed by atoms with van der Waals surface area (Å²) < 4.78 is 49.5. The van der Waals surface area contributed by atoms with E-state index in [0.29, 0.717) is 11.3 Å². The van der Waals surface area contributed by atoms with E-state index in [9.17, 15) is 21.6 Å².